The molecule has 3 rings (SSSR count). The van der Waals surface area contributed by atoms with Crippen LogP contribution >= 0.6 is 0 Å². The van der Waals surface area contributed by atoms with Gasteiger partial charge < -0.3 is 9.47 Å². The molecular weight excluding hydrogens is 236 g/mol. The molecular formula is C17H30O2. The lowest BCUT2D eigenvalue weighted by Crippen LogP contribution is -2.54. The monoisotopic (exact) mass is 266 g/mol. The van der Waals surface area contributed by atoms with Crippen LogP contribution in [-0.4, -0.2) is 17.5 Å². The van der Waals surface area contributed by atoms with E-state index < -0.39 is 5.79 Å². The van der Waals surface area contributed by atoms with Crippen molar-refractivity contribution in [3.8, 4) is 0 Å². The highest BCUT2D eigenvalue weighted by molar-refractivity contribution is 5.08. The van der Waals surface area contributed by atoms with E-state index in [0.29, 0.717) is 11.3 Å². The highest BCUT2D eigenvalue weighted by atomic mass is 16.8. The maximum absolute atomic E-state index is 6.43. The Morgan fingerprint density at radius 2 is 1.68 bits per heavy atom. The largest absolute Gasteiger partial charge is 0.344 e. The maximum Gasteiger partial charge on any atom is 0.164 e. The quantitative estimate of drug-likeness (QED) is 0.648. The van der Waals surface area contributed by atoms with E-state index >= 15 is 0 Å². The van der Waals surface area contributed by atoms with E-state index in [1.54, 1.807) is 0 Å². The first-order chi connectivity index (χ1) is 8.64. The zero-order valence-corrected chi connectivity index (χ0v) is 13.5. The minimum atomic E-state index is -0.412. The highest BCUT2D eigenvalue weighted by Gasteiger charge is 2.61. The molecule has 0 N–H and O–H groups in total. The molecule has 0 radical (unpaired) electrons. The van der Waals surface area contributed by atoms with E-state index in [1.165, 1.54) is 25.7 Å². The van der Waals surface area contributed by atoms with Crippen molar-refractivity contribution >= 4 is 0 Å². The second-order valence-corrected chi connectivity index (χ2v) is 8.58. The van der Waals surface area contributed by atoms with E-state index in [0.717, 1.165) is 11.8 Å². The van der Waals surface area contributed by atoms with Crippen LogP contribution in [-0.2, 0) is 9.47 Å². The lowest BCUT2D eigenvalue weighted by Gasteiger charge is -2.49. The Morgan fingerprint density at radius 1 is 1.00 bits per heavy atom. The van der Waals surface area contributed by atoms with Gasteiger partial charge in [-0.3, -0.25) is 0 Å². The standard InChI is InChI=1S/C17H30O2/c1-11-7-8-15(2,3)13-9-12(11)10-14-17(13,6)19-16(4,5)18-14/h11-14H,7-10H2,1-6H3/t11-,12+,13-,14+,17+/m1/s1. The summed E-state index contributed by atoms with van der Waals surface area (Å²) in [6.45, 7) is 13.8. The fourth-order valence-electron chi connectivity index (χ4n) is 5.13. The second-order valence-electron chi connectivity index (χ2n) is 8.58. The number of rotatable bonds is 0. The summed E-state index contributed by atoms with van der Waals surface area (Å²) in [5, 5.41) is 0. The third-order valence-electron chi connectivity index (χ3n) is 6.27. The summed E-state index contributed by atoms with van der Waals surface area (Å²) in [6, 6.07) is 0. The highest BCUT2D eigenvalue weighted by Crippen LogP contribution is 2.59. The third kappa shape index (κ3) is 2.06. The summed E-state index contributed by atoms with van der Waals surface area (Å²) >= 11 is 0. The average Bonchev–Trinajstić information content (AvgIpc) is 2.46. The Kier molecular flexibility index (Phi) is 2.91. The Balaban J connectivity index is 2.00. The molecule has 2 heteroatoms. The summed E-state index contributed by atoms with van der Waals surface area (Å²) in [4.78, 5) is 0. The molecule has 3 fully saturated rings. The Bertz CT molecular complexity index is 373. The average molecular weight is 266 g/mol. The van der Waals surface area contributed by atoms with Crippen LogP contribution in [0.4, 0.5) is 0 Å². The van der Waals surface area contributed by atoms with Gasteiger partial charge in [0, 0.05) is 0 Å². The van der Waals surface area contributed by atoms with E-state index in [9.17, 15) is 0 Å². The van der Waals surface area contributed by atoms with Crippen molar-refractivity contribution in [3.05, 3.63) is 0 Å². The zero-order chi connectivity index (χ0) is 14.1. The molecule has 1 heterocycles. The van der Waals surface area contributed by atoms with Crippen LogP contribution in [0.5, 0.6) is 0 Å². The van der Waals surface area contributed by atoms with Crippen LogP contribution in [0.2, 0.25) is 0 Å². The van der Waals surface area contributed by atoms with Gasteiger partial charge in [-0.1, -0.05) is 20.8 Å². The summed E-state index contributed by atoms with van der Waals surface area (Å²) in [5.41, 5.74) is 0.272. The van der Waals surface area contributed by atoms with Gasteiger partial charge in [0.15, 0.2) is 5.79 Å². The molecule has 5 atom stereocenters. The molecule has 2 bridgehead atoms. The summed E-state index contributed by atoms with van der Waals surface area (Å²) in [6.07, 6.45) is 5.47. The molecule has 0 unspecified atom stereocenters. The summed E-state index contributed by atoms with van der Waals surface area (Å²) in [5.74, 6) is 1.87. The van der Waals surface area contributed by atoms with Gasteiger partial charge in [-0.15, -0.1) is 0 Å². The van der Waals surface area contributed by atoms with Gasteiger partial charge in [0.05, 0.1) is 11.7 Å². The Labute approximate surface area is 118 Å². The molecule has 110 valence electrons. The van der Waals surface area contributed by atoms with Crippen LogP contribution in [0.3, 0.4) is 0 Å². The minimum absolute atomic E-state index is 0.0897. The fraction of sp³-hybridized carbons (Fsp3) is 1.00. The summed E-state index contributed by atoms with van der Waals surface area (Å²) in [7, 11) is 0. The SMILES string of the molecule is C[C@@H]1CCC(C)(C)[C@H]2C[C@H]1C[C@@H]1OC(C)(C)O[C@]12C. The van der Waals surface area contributed by atoms with Crippen molar-refractivity contribution in [3.63, 3.8) is 0 Å². The maximum atomic E-state index is 6.43. The molecule has 3 aliphatic rings. The zero-order valence-electron chi connectivity index (χ0n) is 13.5. The van der Waals surface area contributed by atoms with E-state index in [2.05, 4.69) is 41.5 Å². The van der Waals surface area contributed by atoms with Crippen LogP contribution < -0.4 is 0 Å². The Morgan fingerprint density at radius 3 is 2.37 bits per heavy atom. The van der Waals surface area contributed by atoms with Crippen LogP contribution in [0, 0.1) is 23.2 Å². The Hall–Kier alpha value is -0.0800. The predicted octanol–water partition coefficient (Wildman–Crippen LogP) is 4.38. The van der Waals surface area contributed by atoms with Crippen LogP contribution in [0.1, 0.15) is 67.2 Å². The molecule has 1 saturated heterocycles. The molecule has 0 aromatic carbocycles. The second kappa shape index (κ2) is 3.98. The number of ether oxygens (including phenoxy) is 2. The van der Waals surface area contributed by atoms with Crippen LogP contribution in [0.25, 0.3) is 0 Å². The topological polar surface area (TPSA) is 18.5 Å². The third-order valence-corrected chi connectivity index (χ3v) is 6.27. The first-order valence-electron chi connectivity index (χ1n) is 8.02. The molecule has 0 spiro atoms. The minimum Gasteiger partial charge on any atom is -0.344 e. The first-order valence-corrected chi connectivity index (χ1v) is 8.02. The van der Waals surface area contributed by atoms with Gasteiger partial charge in [-0.05, 0) is 69.6 Å². The smallest absolute Gasteiger partial charge is 0.164 e. The fourth-order valence-corrected chi connectivity index (χ4v) is 5.13. The first kappa shape index (κ1) is 13.9. The predicted molar refractivity (Wildman–Crippen MR) is 76.8 cm³/mol. The number of fused-ring (bicyclic) bond motifs is 4. The molecule has 2 nitrogen and oxygen atoms in total. The van der Waals surface area contributed by atoms with Crippen LogP contribution in [0.15, 0.2) is 0 Å². The van der Waals surface area contributed by atoms with Gasteiger partial charge in [-0.2, -0.15) is 0 Å². The lowest BCUT2D eigenvalue weighted by molar-refractivity contribution is -0.179. The molecule has 2 saturated carbocycles. The van der Waals surface area contributed by atoms with E-state index in [1.807, 2.05) is 0 Å². The van der Waals surface area contributed by atoms with Crippen molar-refractivity contribution in [2.24, 2.45) is 23.2 Å². The van der Waals surface area contributed by atoms with Crippen molar-refractivity contribution in [1.29, 1.82) is 0 Å². The van der Waals surface area contributed by atoms with Gasteiger partial charge in [0.25, 0.3) is 0 Å². The van der Waals surface area contributed by atoms with Crippen molar-refractivity contribution in [1.82, 2.24) is 0 Å². The number of hydrogen-bond acceptors (Lipinski definition) is 2. The van der Waals surface area contributed by atoms with Crippen molar-refractivity contribution in [2.45, 2.75) is 84.7 Å². The molecule has 19 heavy (non-hydrogen) atoms. The molecule has 2 aliphatic carbocycles. The molecule has 0 amide bonds. The molecule has 0 aromatic heterocycles. The van der Waals surface area contributed by atoms with Gasteiger partial charge in [-0.25, -0.2) is 0 Å². The van der Waals surface area contributed by atoms with Crippen molar-refractivity contribution < 1.29 is 9.47 Å². The van der Waals surface area contributed by atoms with Gasteiger partial charge >= 0.3 is 0 Å². The normalized spacial score (nSPS) is 51.5. The van der Waals surface area contributed by atoms with Gasteiger partial charge in [0.2, 0.25) is 0 Å². The lowest BCUT2D eigenvalue weighted by atomic mass is 9.60. The van der Waals surface area contributed by atoms with E-state index in [-0.39, 0.29) is 11.7 Å². The molecule has 1 aliphatic heterocycles. The molecule has 0 aromatic rings. The van der Waals surface area contributed by atoms with E-state index in [4.69, 9.17) is 9.47 Å². The number of hydrogen-bond donors (Lipinski definition) is 0. The van der Waals surface area contributed by atoms with Crippen molar-refractivity contribution in [2.75, 3.05) is 0 Å². The van der Waals surface area contributed by atoms with Gasteiger partial charge in [0.1, 0.15) is 0 Å². The summed E-state index contributed by atoms with van der Waals surface area (Å²) < 4.78 is 12.7.